The number of pyridine rings is 1. The minimum Gasteiger partial charge on any atom is -0.469 e. The van der Waals surface area contributed by atoms with Gasteiger partial charge in [0.15, 0.2) is 0 Å². The maximum Gasteiger partial charge on any atom is 0.308 e. The van der Waals surface area contributed by atoms with Gasteiger partial charge in [0, 0.05) is 19.3 Å². The van der Waals surface area contributed by atoms with Crippen LogP contribution in [0.15, 0.2) is 6.20 Å². The molecule has 2 heterocycles. The molecule has 1 amide bonds. The lowest BCUT2D eigenvalue weighted by molar-refractivity contribution is -0.146. The predicted octanol–water partition coefficient (Wildman–Crippen LogP) is 3.07. The van der Waals surface area contributed by atoms with Crippen molar-refractivity contribution >= 4 is 46.7 Å². The van der Waals surface area contributed by atoms with Crippen molar-refractivity contribution in [3.8, 4) is 0 Å². The van der Waals surface area contributed by atoms with E-state index in [1.807, 2.05) is 0 Å². The van der Waals surface area contributed by atoms with Crippen LogP contribution in [0, 0.1) is 5.92 Å². The van der Waals surface area contributed by atoms with Gasteiger partial charge in [0.2, 0.25) is 0 Å². The van der Waals surface area contributed by atoms with Gasteiger partial charge in [-0.15, -0.1) is 0 Å². The molecule has 0 aliphatic carbocycles. The van der Waals surface area contributed by atoms with Crippen molar-refractivity contribution in [1.82, 2.24) is 9.88 Å². The average Bonchev–Trinajstić information content (AvgIpc) is 2.51. The maximum atomic E-state index is 12.4. The number of esters is 1. The molecule has 21 heavy (non-hydrogen) atoms. The molecule has 1 aromatic heterocycles. The molecule has 1 aliphatic heterocycles. The summed E-state index contributed by atoms with van der Waals surface area (Å²) in [5.41, 5.74) is 0.0718. The van der Waals surface area contributed by atoms with Crippen LogP contribution in [0.1, 0.15) is 23.3 Å². The number of aromatic nitrogens is 1. The number of carbonyl (C=O) groups is 2. The van der Waals surface area contributed by atoms with Gasteiger partial charge in [-0.25, -0.2) is 4.98 Å². The number of piperidine rings is 1. The molecule has 0 N–H and O–H groups in total. The zero-order chi connectivity index (χ0) is 15.6. The lowest BCUT2D eigenvalue weighted by atomic mass is 9.97. The highest BCUT2D eigenvalue weighted by molar-refractivity contribution is 6.48. The molecule has 5 nitrogen and oxygen atoms in total. The first-order valence-electron chi connectivity index (χ1n) is 6.32. The third-order valence-corrected chi connectivity index (χ3v) is 4.68. The molecule has 0 radical (unpaired) electrons. The highest BCUT2D eigenvalue weighted by Crippen LogP contribution is 2.32. The summed E-state index contributed by atoms with van der Waals surface area (Å²) in [6, 6.07) is 0. The van der Waals surface area contributed by atoms with E-state index >= 15 is 0 Å². The lowest BCUT2D eigenvalue weighted by Crippen LogP contribution is -2.41. The Morgan fingerprint density at radius 3 is 2.43 bits per heavy atom. The van der Waals surface area contributed by atoms with E-state index in [0.717, 1.165) is 0 Å². The third-order valence-electron chi connectivity index (χ3n) is 3.44. The van der Waals surface area contributed by atoms with E-state index in [4.69, 9.17) is 39.5 Å². The first-order valence-corrected chi connectivity index (χ1v) is 7.45. The third kappa shape index (κ3) is 3.42. The zero-order valence-electron chi connectivity index (χ0n) is 11.2. The monoisotopic (exact) mass is 350 g/mol. The number of rotatable bonds is 2. The van der Waals surface area contributed by atoms with E-state index in [2.05, 4.69) is 4.98 Å². The summed E-state index contributed by atoms with van der Waals surface area (Å²) in [5, 5.41) is 0.355. The molecule has 1 fully saturated rings. The van der Waals surface area contributed by atoms with E-state index in [1.165, 1.54) is 13.3 Å². The van der Waals surface area contributed by atoms with Crippen LogP contribution < -0.4 is 0 Å². The summed E-state index contributed by atoms with van der Waals surface area (Å²) in [4.78, 5) is 29.4. The van der Waals surface area contributed by atoms with Crippen LogP contribution in [0.4, 0.5) is 0 Å². The van der Waals surface area contributed by atoms with Crippen molar-refractivity contribution in [3.63, 3.8) is 0 Å². The second kappa shape index (κ2) is 6.81. The minimum absolute atomic E-state index is 0.0456. The fourth-order valence-electron chi connectivity index (χ4n) is 2.23. The van der Waals surface area contributed by atoms with Crippen LogP contribution in [0.5, 0.6) is 0 Å². The number of halogens is 3. The van der Waals surface area contributed by atoms with Gasteiger partial charge in [-0.05, 0) is 12.8 Å². The van der Waals surface area contributed by atoms with Crippen LogP contribution in [0.25, 0.3) is 0 Å². The molecule has 0 bridgehead atoms. The van der Waals surface area contributed by atoms with E-state index < -0.39 is 0 Å². The molecule has 0 atom stereocenters. The van der Waals surface area contributed by atoms with Crippen molar-refractivity contribution in [3.05, 3.63) is 27.0 Å². The van der Waals surface area contributed by atoms with Gasteiger partial charge in [-0.3, -0.25) is 9.59 Å². The summed E-state index contributed by atoms with van der Waals surface area (Å²) >= 11 is 17.7. The summed E-state index contributed by atoms with van der Waals surface area (Å²) < 4.78 is 4.71. The Kier molecular flexibility index (Phi) is 5.30. The highest BCUT2D eigenvalue weighted by Gasteiger charge is 2.30. The van der Waals surface area contributed by atoms with E-state index in [9.17, 15) is 9.59 Å². The van der Waals surface area contributed by atoms with Gasteiger partial charge < -0.3 is 9.64 Å². The van der Waals surface area contributed by atoms with E-state index in [-0.39, 0.29) is 38.6 Å². The maximum absolute atomic E-state index is 12.4. The van der Waals surface area contributed by atoms with Gasteiger partial charge >= 0.3 is 5.97 Å². The Hall–Kier alpha value is -1.04. The minimum atomic E-state index is -0.318. The molecule has 1 aliphatic rings. The normalized spacial score (nSPS) is 15.9. The van der Waals surface area contributed by atoms with Crippen LogP contribution >= 0.6 is 34.8 Å². The van der Waals surface area contributed by atoms with Gasteiger partial charge in [0.25, 0.3) is 5.91 Å². The summed E-state index contributed by atoms with van der Waals surface area (Å²) in [5.74, 6) is -0.731. The van der Waals surface area contributed by atoms with Gasteiger partial charge in [-0.2, -0.15) is 0 Å². The van der Waals surface area contributed by atoms with Crippen molar-refractivity contribution in [2.45, 2.75) is 12.8 Å². The van der Waals surface area contributed by atoms with E-state index in [1.54, 1.807) is 4.90 Å². The number of nitrogens with zero attached hydrogens (tertiary/aromatic N) is 2. The predicted molar refractivity (Wildman–Crippen MR) is 79.9 cm³/mol. The molecule has 0 saturated carbocycles. The molecule has 1 saturated heterocycles. The summed E-state index contributed by atoms with van der Waals surface area (Å²) in [7, 11) is 1.36. The molecule has 8 heteroatoms. The number of amides is 1. The smallest absolute Gasteiger partial charge is 0.308 e. The van der Waals surface area contributed by atoms with Crippen molar-refractivity contribution < 1.29 is 14.3 Å². The van der Waals surface area contributed by atoms with Crippen molar-refractivity contribution in [2.24, 2.45) is 5.92 Å². The largest absolute Gasteiger partial charge is 0.469 e. The van der Waals surface area contributed by atoms with Crippen LogP contribution in [0.2, 0.25) is 15.1 Å². The molecule has 0 spiro atoms. The Labute approximate surface area is 137 Å². The molecule has 114 valence electrons. The van der Waals surface area contributed by atoms with Crippen molar-refractivity contribution in [2.75, 3.05) is 20.2 Å². The Bertz CT molecular complexity index is 572. The fraction of sp³-hybridized carbons (Fsp3) is 0.462. The highest BCUT2D eigenvalue weighted by atomic mass is 35.5. The first kappa shape index (κ1) is 16.3. The average molecular weight is 352 g/mol. The number of ether oxygens (including phenoxy) is 1. The SMILES string of the molecule is COC(=O)C1CCN(C(=O)c2ncc(Cl)c(Cl)c2Cl)CC1. The molecule has 0 unspecified atom stereocenters. The Morgan fingerprint density at radius 2 is 1.86 bits per heavy atom. The van der Waals surface area contributed by atoms with E-state index in [0.29, 0.717) is 25.9 Å². The number of hydrogen-bond acceptors (Lipinski definition) is 4. The number of likely N-dealkylation sites (tertiary alicyclic amines) is 1. The van der Waals surface area contributed by atoms with Crippen LogP contribution in [0.3, 0.4) is 0 Å². The summed E-state index contributed by atoms with van der Waals surface area (Å²) in [6.45, 7) is 0.883. The van der Waals surface area contributed by atoms with Crippen molar-refractivity contribution in [1.29, 1.82) is 0 Å². The van der Waals surface area contributed by atoms with Crippen LogP contribution in [-0.2, 0) is 9.53 Å². The zero-order valence-corrected chi connectivity index (χ0v) is 13.5. The Balaban J connectivity index is 2.09. The lowest BCUT2D eigenvalue weighted by Gasteiger charge is -2.30. The quantitative estimate of drug-likeness (QED) is 0.768. The first-order chi connectivity index (χ1) is 9.95. The number of hydrogen-bond donors (Lipinski definition) is 0. The molecule has 1 aromatic rings. The van der Waals surface area contributed by atoms with Gasteiger partial charge in [0.1, 0.15) is 5.69 Å². The number of methoxy groups -OCH3 is 1. The molecule has 2 rings (SSSR count). The number of carbonyl (C=O) groups excluding carboxylic acids is 2. The second-order valence-corrected chi connectivity index (χ2v) is 5.84. The Morgan fingerprint density at radius 1 is 1.24 bits per heavy atom. The molecule has 0 aromatic carbocycles. The standard InChI is InChI=1S/C13H13Cl3N2O3/c1-21-13(20)7-2-4-18(5-3-7)12(19)11-10(16)9(15)8(14)6-17-11/h6-7H,2-5H2,1H3. The molecular weight excluding hydrogens is 339 g/mol. The topological polar surface area (TPSA) is 59.5 Å². The molecular formula is C13H13Cl3N2O3. The van der Waals surface area contributed by atoms with Crippen LogP contribution in [-0.4, -0.2) is 42.0 Å². The summed E-state index contributed by atoms with van der Waals surface area (Å²) in [6.07, 6.45) is 2.40. The van der Waals surface area contributed by atoms with Gasteiger partial charge in [0.05, 0.1) is 28.1 Å². The second-order valence-electron chi connectivity index (χ2n) is 4.67. The van der Waals surface area contributed by atoms with Gasteiger partial charge in [-0.1, -0.05) is 34.8 Å². The fourth-order valence-corrected chi connectivity index (χ4v) is 2.79.